The van der Waals surface area contributed by atoms with Crippen LogP contribution >= 0.6 is 0 Å². The first-order chi connectivity index (χ1) is 13.5. The molecule has 2 aromatic carbocycles. The molecule has 3 N–H and O–H groups in total. The summed E-state index contributed by atoms with van der Waals surface area (Å²) in [5.41, 5.74) is 2.62. The highest BCUT2D eigenvalue weighted by atomic mass is 16.6. The zero-order chi connectivity index (χ0) is 19.9. The molecule has 1 aliphatic heterocycles. The van der Waals surface area contributed by atoms with Crippen molar-refractivity contribution in [3.05, 3.63) is 53.6 Å². The summed E-state index contributed by atoms with van der Waals surface area (Å²) in [5.74, 6) is 1.40. The second-order valence-corrected chi connectivity index (χ2v) is 6.55. The Kier molecular flexibility index (Phi) is 6.37. The molecule has 2 aromatic rings. The van der Waals surface area contributed by atoms with E-state index in [0.29, 0.717) is 31.9 Å². The molecule has 0 saturated carbocycles. The minimum absolute atomic E-state index is 0.0301. The van der Waals surface area contributed by atoms with Crippen LogP contribution in [-0.4, -0.2) is 25.2 Å². The van der Waals surface area contributed by atoms with E-state index < -0.39 is 0 Å². The molecule has 7 nitrogen and oxygen atoms in total. The fourth-order valence-electron chi connectivity index (χ4n) is 2.82. The first-order valence-corrected chi connectivity index (χ1v) is 9.38. The van der Waals surface area contributed by atoms with Crippen molar-refractivity contribution in [3.63, 3.8) is 0 Å². The molecule has 3 rings (SSSR count). The minimum Gasteiger partial charge on any atom is -0.486 e. The van der Waals surface area contributed by atoms with Gasteiger partial charge in [-0.15, -0.1) is 0 Å². The van der Waals surface area contributed by atoms with E-state index in [1.54, 1.807) is 6.92 Å². The molecule has 1 aliphatic rings. The number of hydrogen-bond acceptors (Lipinski definition) is 4. The average Bonchev–Trinajstić information content (AvgIpc) is 2.72. The predicted octanol–water partition coefficient (Wildman–Crippen LogP) is 3.37. The Bertz CT molecular complexity index is 836. The van der Waals surface area contributed by atoms with Gasteiger partial charge in [0, 0.05) is 18.7 Å². The van der Waals surface area contributed by atoms with E-state index in [1.807, 2.05) is 49.4 Å². The van der Waals surface area contributed by atoms with E-state index in [1.165, 1.54) is 0 Å². The molecular weight excluding hydrogens is 358 g/mol. The summed E-state index contributed by atoms with van der Waals surface area (Å²) in [5, 5.41) is 8.56. The quantitative estimate of drug-likeness (QED) is 0.714. The lowest BCUT2D eigenvalue weighted by Gasteiger charge is -2.19. The van der Waals surface area contributed by atoms with Gasteiger partial charge in [0.2, 0.25) is 5.91 Å². The van der Waals surface area contributed by atoms with Crippen LogP contribution in [0, 0.1) is 0 Å². The normalized spacial score (nSPS) is 13.4. The van der Waals surface area contributed by atoms with E-state index in [-0.39, 0.29) is 18.0 Å². The smallest absolute Gasteiger partial charge is 0.315 e. The van der Waals surface area contributed by atoms with Crippen LogP contribution < -0.4 is 25.4 Å². The summed E-state index contributed by atoms with van der Waals surface area (Å²) in [7, 11) is 0. The number of amides is 3. The fourth-order valence-corrected chi connectivity index (χ4v) is 2.82. The molecule has 0 fully saturated rings. The van der Waals surface area contributed by atoms with E-state index in [9.17, 15) is 9.59 Å². The van der Waals surface area contributed by atoms with Gasteiger partial charge in [-0.3, -0.25) is 4.79 Å². The Morgan fingerprint density at radius 3 is 2.46 bits per heavy atom. The van der Waals surface area contributed by atoms with Gasteiger partial charge in [-0.2, -0.15) is 0 Å². The second-order valence-electron chi connectivity index (χ2n) is 6.55. The van der Waals surface area contributed by atoms with Crippen LogP contribution in [0.4, 0.5) is 10.5 Å². The van der Waals surface area contributed by atoms with Crippen molar-refractivity contribution in [2.75, 3.05) is 18.5 Å². The summed E-state index contributed by atoms with van der Waals surface area (Å²) in [4.78, 5) is 23.6. The van der Waals surface area contributed by atoms with Crippen LogP contribution in [0.3, 0.4) is 0 Å². The predicted molar refractivity (Wildman–Crippen MR) is 107 cm³/mol. The van der Waals surface area contributed by atoms with Crippen molar-refractivity contribution in [1.29, 1.82) is 0 Å². The first-order valence-electron chi connectivity index (χ1n) is 9.38. The zero-order valence-electron chi connectivity index (χ0n) is 16.1. The van der Waals surface area contributed by atoms with Gasteiger partial charge in [0.25, 0.3) is 0 Å². The Labute approximate surface area is 164 Å². The molecule has 0 aliphatic carbocycles. The highest BCUT2D eigenvalue weighted by molar-refractivity contribution is 5.90. The second kappa shape index (κ2) is 9.12. The summed E-state index contributed by atoms with van der Waals surface area (Å²) in [6.45, 7) is 5.18. The maximum atomic E-state index is 12.2. The average molecular weight is 383 g/mol. The van der Waals surface area contributed by atoms with Crippen LogP contribution in [-0.2, 0) is 11.3 Å². The van der Waals surface area contributed by atoms with E-state index in [4.69, 9.17) is 9.47 Å². The molecule has 1 heterocycles. The van der Waals surface area contributed by atoms with E-state index >= 15 is 0 Å². The standard InChI is InChI=1S/C21H25N3O4/c1-3-20(25)24-17-7-5-16(6-8-17)14(2)23-21(26)22-13-15-4-9-18-19(12-15)28-11-10-27-18/h4-9,12,14H,3,10-11,13H2,1-2H3,(H,24,25)(H2,22,23,26)/t14-/m1/s1. The molecular formula is C21H25N3O4. The number of ether oxygens (including phenoxy) is 2. The number of anilines is 1. The molecule has 0 radical (unpaired) electrons. The Morgan fingerprint density at radius 1 is 1.04 bits per heavy atom. The van der Waals surface area contributed by atoms with E-state index in [2.05, 4.69) is 16.0 Å². The number of hydrogen-bond donors (Lipinski definition) is 3. The molecule has 0 aromatic heterocycles. The lowest BCUT2D eigenvalue weighted by Crippen LogP contribution is -2.36. The SMILES string of the molecule is CCC(=O)Nc1ccc([C@@H](C)NC(=O)NCc2ccc3c(c2)OCCO3)cc1. The summed E-state index contributed by atoms with van der Waals surface area (Å²) < 4.78 is 11.0. The molecule has 148 valence electrons. The molecule has 0 spiro atoms. The number of nitrogens with one attached hydrogen (secondary N) is 3. The van der Waals surface area contributed by atoms with Gasteiger partial charge in [0.05, 0.1) is 6.04 Å². The third kappa shape index (κ3) is 5.16. The number of rotatable bonds is 6. The maximum absolute atomic E-state index is 12.2. The lowest BCUT2D eigenvalue weighted by atomic mass is 10.1. The number of benzene rings is 2. The van der Waals surface area contributed by atoms with Crippen molar-refractivity contribution < 1.29 is 19.1 Å². The number of fused-ring (bicyclic) bond motifs is 1. The van der Waals surface area contributed by atoms with Crippen molar-refractivity contribution in [1.82, 2.24) is 10.6 Å². The molecule has 28 heavy (non-hydrogen) atoms. The highest BCUT2D eigenvalue weighted by Gasteiger charge is 2.13. The third-order valence-corrected chi connectivity index (χ3v) is 4.42. The van der Waals surface area contributed by atoms with Crippen LogP contribution in [0.5, 0.6) is 11.5 Å². The van der Waals surface area contributed by atoms with Crippen molar-refractivity contribution in [2.24, 2.45) is 0 Å². The van der Waals surface area contributed by atoms with Crippen LogP contribution in [0.15, 0.2) is 42.5 Å². The van der Waals surface area contributed by atoms with Crippen molar-refractivity contribution >= 4 is 17.6 Å². The summed E-state index contributed by atoms with van der Waals surface area (Å²) >= 11 is 0. The largest absolute Gasteiger partial charge is 0.486 e. The van der Waals surface area contributed by atoms with Gasteiger partial charge in [-0.05, 0) is 42.3 Å². The van der Waals surface area contributed by atoms with Crippen LogP contribution in [0.25, 0.3) is 0 Å². The molecule has 7 heteroatoms. The Morgan fingerprint density at radius 2 is 1.75 bits per heavy atom. The van der Waals surface area contributed by atoms with Gasteiger partial charge >= 0.3 is 6.03 Å². The summed E-state index contributed by atoms with van der Waals surface area (Å²) in [6.07, 6.45) is 0.434. The molecule has 0 saturated heterocycles. The number of carbonyl (C=O) groups is 2. The third-order valence-electron chi connectivity index (χ3n) is 4.42. The minimum atomic E-state index is -0.259. The van der Waals surface area contributed by atoms with Gasteiger partial charge in [-0.1, -0.05) is 25.1 Å². The van der Waals surface area contributed by atoms with Gasteiger partial charge < -0.3 is 25.4 Å². The Balaban J connectivity index is 1.49. The van der Waals surface area contributed by atoms with Gasteiger partial charge in [-0.25, -0.2) is 4.79 Å². The van der Waals surface area contributed by atoms with E-state index in [0.717, 1.165) is 22.6 Å². The topological polar surface area (TPSA) is 88.7 Å². The van der Waals surface area contributed by atoms with Gasteiger partial charge in [0.15, 0.2) is 11.5 Å². The maximum Gasteiger partial charge on any atom is 0.315 e. The lowest BCUT2D eigenvalue weighted by molar-refractivity contribution is -0.115. The van der Waals surface area contributed by atoms with Crippen LogP contribution in [0.1, 0.15) is 37.4 Å². The van der Waals surface area contributed by atoms with Crippen molar-refractivity contribution in [2.45, 2.75) is 32.9 Å². The first kappa shape index (κ1) is 19.5. The Hall–Kier alpha value is -3.22. The molecule has 0 bridgehead atoms. The molecule has 0 unspecified atom stereocenters. The highest BCUT2D eigenvalue weighted by Crippen LogP contribution is 2.30. The molecule has 3 amide bonds. The fraction of sp³-hybridized carbons (Fsp3) is 0.333. The zero-order valence-corrected chi connectivity index (χ0v) is 16.1. The molecule has 1 atom stereocenters. The number of carbonyl (C=O) groups excluding carboxylic acids is 2. The number of urea groups is 1. The van der Waals surface area contributed by atoms with Gasteiger partial charge in [0.1, 0.15) is 13.2 Å². The summed E-state index contributed by atoms with van der Waals surface area (Å²) in [6, 6.07) is 12.6. The van der Waals surface area contributed by atoms with Crippen LogP contribution in [0.2, 0.25) is 0 Å². The van der Waals surface area contributed by atoms with Crippen molar-refractivity contribution in [3.8, 4) is 11.5 Å². The monoisotopic (exact) mass is 383 g/mol.